The van der Waals surface area contributed by atoms with Gasteiger partial charge in [0.2, 0.25) is 0 Å². The summed E-state index contributed by atoms with van der Waals surface area (Å²) >= 11 is 0. The second-order valence-corrected chi connectivity index (χ2v) is 5.28. The molecule has 0 aliphatic rings. The second kappa shape index (κ2) is 6.76. The Morgan fingerprint density at radius 1 is 0.720 bits per heavy atom. The van der Waals surface area contributed by atoms with Crippen molar-refractivity contribution in [2.45, 2.75) is 0 Å². The molecule has 25 heavy (non-hydrogen) atoms. The lowest BCUT2D eigenvalue weighted by molar-refractivity contribution is 0.394. The van der Waals surface area contributed by atoms with E-state index in [0.717, 1.165) is 0 Å². The molecule has 1 aromatic heterocycles. The third-order valence-corrected chi connectivity index (χ3v) is 3.86. The zero-order valence-corrected chi connectivity index (χ0v) is 14.4. The van der Waals surface area contributed by atoms with E-state index in [1.807, 2.05) is 0 Å². The normalized spacial score (nSPS) is 10.6. The lowest BCUT2D eigenvalue weighted by Crippen LogP contribution is -2.03. The van der Waals surface area contributed by atoms with Crippen LogP contribution in [0.1, 0.15) is 0 Å². The molecule has 0 N–H and O–H groups in total. The van der Waals surface area contributed by atoms with E-state index in [2.05, 4.69) is 0 Å². The van der Waals surface area contributed by atoms with Gasteiger partial charge in [-0.1, -0.05) is 0 Å². The van der Waals surface area contributed by atoms with Crippen LogP contribution in [0, 0.1) is 0 Å². The topological polar surface area (TPSA) is 67.1 Å². The van der Waals surface area contributed by atoms with Crippen LogP contribution in [0.3, 0.4) is 0 Å². The fraction of sp³-hybridized carbons (Fsp3) is 0.211. The minimum atomic E-state index is -0.211. The van der Waals surface area contributed by atoms with Crippen LogP contribution >= 0.6 is 0 Å². The van der Waals surface area contributed by atoms with Crippen molar-refractivity contribution in [1.29, 1.82) is 0 Å². The average Bonchev–Trinajstić information content (AvgIpc) is 2.66. The molecule has 6 nitrogen and oxygen atoms in total. The third-order valence-electron chi connectivity index (χ3n) is 3.86. The summed E-state index contributed by atoms with van der Waals surface area (Å²) in [6, 6.07) is 10.0. The number of fused-ring (bicyclic) bond motifs is 1. The summed E-state index contributed by atoms with van der Waals surface area (Å²) in [7, 11) is 6.15. The van der Waals surface area contributed by atoms with Gasteiger partial charge in [-0.2, -0.15) is 0 Å². The van der Waals surface area contributed by atoms with Crippen LogP contribution in [0.2, 0.25) is 0 Å². The molecule has 0 saturated heterocycles. The van der Waals surface area contributed by atoms with E-state index < -0.39 is 0 Å². The van der Waals surface area contributed by atoms with Gasteiger partial charge in [-0.15, -0.1) is 0 Å². The monoisotopic (exact) mass is 342 g/mol. The largest absolute Gasteiger partial charge is 0.497 e. The molecule has 2 aromatic carbocycles. The van der Waals surface area contributed by atoms with Crippen molar-refractivity contribution in [3.63, 3.8) is 0 Å². The van der Waals surface area contributed by atoms with Gasteiger partial charge in [0, 0.05) is 29.8 Å². The first-order valence-corrected chi connectivity index (χ1v) is 7.53. The van der Waals surface area contributed by atoms with Gasteiger partial charge in [0.25, 0.3) is 0 Å². The quantitative estimate of drug-likeness (QED) is 0.707. The highest BCUT2D eigenvalue weighted by atomic mass is 16.5. The number of methoxy groups -OCH3 is 4. The Bertz CT molecular complexity index is 951. The van der Waals surface area contributed by atoms with E-state index in [1.165, 1.54) is 20.3 Å². The molecule has 3 aromatic rings. The van der Waals surface area contributed by atoms with Crippen molar-refractivity contribution in [3.8, 4) is 34.3 Å². The molecule has 6 heteroatoms. The van der Waals surface area contributed by atoms with Crippen LogP contribution < -0.4 is 24.4 Å². The molecule has 0 fully saturated rings. The van der Waals surface area contributed by atoms with Crippen molar-refractivity contribution >= 4 is 11.0 Å². The van der Waals surface area contributed by atoms with Gasteiger partial charge < -0.3 is 23.4 Å². The SMILES string of the molecule is COc1cc(OC)cc(-c2cc(=O)c3c(OC)cc(OC)cc3o2)c1. The first-order chi connectivity index (χ1) is 12.1. The van der Waals surface area contributed by atoms with Crippen LogP contribution in [-0.4, -0.2) is 28.4 Å². The highest BCUT2D eigenvalue weighted by Gasteiger charge is 2.14. The fourth-order valence-electron chi connectivity index (χ4n) is 2.60. The first-order valence-electron chi connectivity index (χ1n) is 7.53. The molecule has 0 amide bonds. The summed E-state index contributed by atoms with van der Waals surface area (Å²) in [5.74, 6) is 2.52. The molecule has 0 radical (unpaired) electrons. The zero-order chi connectivity index (χ0) is 18.0. The molecule has 0 aliphatic carbocycles. The zero-order valence-electron chi connectivity index (χ0n) is 14.4. The molecule has 130 valence electrons. The average molecular weight is 342 g/mol. The maximum Gasteiger partial charge on any atom is 0.197 e. The smallest absolute Gasteiger partial charge is 0.197 e. The molecule has 0 bridgehead atoms. The molecule has 0 unspecified atom stereocenters. The molecular weight excluding hydrogens is 324 g/mol. The summed E-state index contributed by atoms with van der Waals surface area (Å²) in [5.41, 5.74) is 0.829. The molecule has 0 spiro atoms. The van der Waals surface area contributed by atoms with Gasteiger partial charge in [-0.05, 0) is 12.1 Å². The molecular formula is C19H18O6. The van der Waals surface area contributed by atoms with E-state index in [4.69, 9.17) is 23.4 Å². The van der Waals surface area contributed by atoms with Crippen LogP contribution in [0.4, 0.5) is 0 Å². The second-order valence-electron chi connectivity index (χ2n) is 5.28. The Morgan fingerprint density at radius 3 is 1.88 bits per heavy atom. The number of hydrogen-bond acceptors (Lipinski definition) is 6. The summed E-state index contributed by atoms with van der Waals surface area (Å²) in [6.07, 6.45) is 0. The molecule has 0 atom stereocenters. The predicted molar refractivity (Wildman–Crippen MR) is 94.1 cm³/mol. The Balaban J connectivity index is 2.27. The minimum absolute atomic E-state index is 0.211. The Hall–Kier alpha value is -3.15. The lowest BCUT2D eigenvalue weighted by Gasteiger charge is -2.11. The van der Waals surface area contributed by atoms with Gasteiger partial charge in [0.15, 0.2) is 5.43 Å². The van der Waals surface area contributed by atoms with E-state index >= 15 is 0 Å². The van der Waals surface area contributed by atoms with Crippen molar-refractivity contribution in [1.82, 2.24) is 0 Å². The van der Waals surface area contributed by atoms with Gasteiger partial charge in [0.05, 0.1) is 28.4 Å². The van der Waals surface area contributed by atoms with Crippen molar-refractivity contribution < 1.29 is 23.4 Å². The molecule has 1 heterocycles. The highest BCUT2D eigenvalue weighted by Crippen LogP contribution is 2.34. The standard InChI is InChI=1S/C19H18O6/c1-21-12-5-11(6-13(7-12)22-2)16-10-15(20)19-17(24-4)8-14(23-3)9-18(19)25-16/h5-10H,1-4H3. The highest BCUT2D eigenvalue weighted by molar-refractivity contribution is 5.86. The van der Waals surface area contributed by atoms with Crippen molar-refractivity contribution in [2.75, 3.05) is 28.4 Å². The number of ether oxygens (including phenoxy) is 4. The molecule has 0 saturated carbocycles. The number of benzene rings is 2. The molecule has 0 aliphatic heterocycles. The van der Waals surface area contributed by atoms with Crippen LogP contribution in [0.5, 0.6) is 23.0 Å². The van der Waals surface area contributed by atoms with Crippen LogP contribution in [0.15, 0.2) is 45.6 Å². The maximum absolute atomic E-state index is 12.6. The van der Waals surface area contributed by atoms with Crippen LogP contribution in [0.25, 0.3) is 22.3 Å². The Morgan fingerprint density at radius 2 is 1.32 bits per heavy atom. The summed E-state index contributed by atoms with van der Waals surface area (Å²) in [5, 5.41) is 0.363. The Kier molecular flexibility index (Phi) is 4.52. The maximum atomic E-state index is 12.6. The van der Waals surface area contributed by atoms with Gasteiger partial charge in [0.1, 0.15) is 39.7 Å². The summed E-state index contributed by atoms with van der Waals surface area (Å²) in [4.78, 5) is 12.6. The van der Waals surface area contributed by atoms with E-state index in [-0.39, 0.29) is 5.43 Å². The number of hydrogen-bond donors (Lipinski definition) is 0. The van der Waals surface area contributed by atoms with Crippen molar-refractivity contribution in [2.24, 2.45) is 0 Å². The van der Waals surface area contributed by atoms with E-state index in [1.54, 1.807) is 44.6 Å². The van der Waals surface area contributed by atoms with E-state index in [0.29, 0.717) is 45.3 Å². The summed E-state index contributed by atoms with van der Waals surface area (Å²) in [6.45, 7) is 0. The van der Waals surface area contributed by atoms with Crippen molar-refractivity contribution in [3.05, 3.63) is 46.6 Å². The predicted octanol–water partition coefficient (Wildman–Crippen LogP) is 3.49. The molecule has 3 rings (SSSR count). The summed E-state index contributed by atoms with van der Waals surface area (Å²) < 4.78 is 27.0. The fourth-order valence-corrected chi connectivity index (χ4v) is 2.60. The lowest BCUT2D eigenvalue weighted by atomic mass is 10.1. The number of rotatable bonds is 5. The minimum Gasteiger partial charge on any atom is -0.497 e. The first kappa shape index (κ1) is 16.7. The van der Waals surface area contributed by atoms with E-state index in [9.17, 15) is 4.79 Å². The Labute approximate surface area is 144 Å². The van der Waals surface area contributed by atoms with Gasteiger partial charge in [-0.25, -0.2) is 0 Å². The van der Waals surface area contributed by atoms with Gasteiger partial charge in [-0.3, -0.25) is 4.79 Å². The third kappa shape index (κ3) is 3.10. The van der Waals surface area contributed by atoms with Gasteiger partial charge >= 0.3 is 0 Å². The van der Waals surface area contributed by atoms with Crippen LogP contribution in [-0.2, 0) is 0 Å².